The standard InChI is InChI=1S/C19H24FN5O/c1-18(2,3)25-15-12(10-22-25)16(26)24-17(23-15)21-11-19(4,5)13-8-6-7-9-14(13)20/h6-10H,11H2,1-5H3,(H2,21,23,24,26). The normalized spacial score (nSPS) is 12.5. The molecule has 0 aliphatic heterocycles. The van der Waals surface area contributed by atoms with Gasteiger partial charge in [0.1, 0.15) is 11.2 Å². The van der Waals surface area contributed by atoms with E-state index in [0.717, 1.165) is 0 Å². The molecule has 3 aromatic rings. The highest BCUT2D eigenvalue weighted by Crippen LogP contribution is 2.26. The van der Waals surface area contributed by atoms with Gasteiger partial charge in [-0.25, -0.2) is 9.07 Å². The van der Waals surface area contributed by atoms with E-state index in [2.05, 4.69) is 20.4 Å². The molecule has 138 valence electrons. The summed E-state index contributed by atoms with van der Waals surface area (Å²) in [6, 6.07) is 6.70. The van der Waals surface area contributed by atoms with E-state index in [1.165, 1.54) is 12.3 Å². The van der Waals surface area contributed by atoms with Crippen LogP contribution >= 0.6 is 0 Å². The van der Waals surface area contributed by atoms with Gasteiger partial charge in [-0.2, -0.15) is 10.1 Å². The summed E-state index contributed by atoms with van der Waals surface area (Å²) in [5.41, 5.74) is 0.0925. The van der Waals surface area contributed by atoms with Crippen molar-refractivity contribution in [3.8, 4) is 0 Å². The maximum atomic E-state index is 14.1. The first-order valence-electron chi connectivity index (χ1n) is 8.57. The van der Waals surface area contributed by atoms with E-state index in [1.807, 2.05) is 40.7 Å². The molecule has 0 fully saturated rings. The number of anilines is 1. The van der Waals surface area contributed by atoms with Crippen LogP contribution in [0, 0.1) is 5.82 Å². The summed E-state index contributed by atoms with van der Waals surface area (Å²) in [6.07, 6.45) is 1.53. The predicted molar refractivity (Wildman–Crippen MR) is 101 cm³/mol. The Balaban J connectivity index is 1.92. The van der Waals surface area contributed by atoms with Gasteiger partial charge in [0.05, 0.1) is 11.7 Å². The Bertz CT molecular complexity index is 997. The van der Waals surface area contributed by atoms with Crippen molar-refractivity contribution < 1.29 is 4.39 Å². The molecule has 26 heavy (non-hydrogen) atoms. The first-order chi connectivity index (χ1) is 12.1. The third kappa shape index (κ3) is 3.34. The Hall–Kier alpha value is -2.70. The number of rotatable bonds is 4. The minimum Gasteiger partial charge on any atom is -0.355 e. The molecule has 0 aliphatic rings. The molecule has 0 saturated carbocycles. The summed E-state index contributed by atoms with van der Waals surface area (Å²) in [5.74, 6) is 0.0972. The zero-order valence-corrected chi connectivity index (χ0v) is 15.7. The molecule has 2 aromatic heterocycles. The summed E-state index contributed by atoms with van der Waals surface area (Å²) in [5, 5.41) is 7.87. The average Bonchev–Trinajstić information content (AvgIpc) is 2.98. The molecule has 2 N–H and O–H groups in total. The maximum Gasteiger partial charge on any atom is 0.263 e. The van der Waals surface area contributed by atoms with Crippen LogP contribution in [0.25, 0.3) is 11.0 Å². The van der Waals surface area contributed by atoms with Crippen molar-refractivity contribution >= 4 is 17.0 Å². The second kappa shape index (κ2) is 6.23. The van der Waals surface area contributed by atoms with E-state index >= 15 is 0 Å². The maximum absolute atomic E-state index is 14.1. The van der Waals surface area contributed by atoms with Gasteiger partial charge >= 0.3 is 0 Å². The zero-order valence-electron chi connectivity index (χ0n) is 15.7. The Morgan fingerprint density at radius 2 is 1.88 bits per heavy atom. The largest absolute Gasteiger partial charge is 0.355 e. The fourth-order valence-corrected chi connectivity index (χ4v) is 2.90. The average molecular weight is 357 g/mol. The lowest BCUT2D eigenvalue weighted by Gasteiger charge is -2.26. The van der Waals surface area contributed by atoms with Gasteiger partial charge in [-0.3, -0.25) is 9.78 Å². The van der Waals surface area contributed by atoms with Crippen LogP contribution in [0.5, 0.6) is 0 Å². The van der Waals surface area contributed by atoms with Crippen LogP contribution in [-0.4, -0.2) is 26.3 Å². The van der Waals surface area contributed by atoms with Crippen molar-refractivity contribution in [2.75, 3.05) is 11.9 Å². The minimum atomic E-state index is -0.483. The van der Waals surface area contributed by atoms with E-state index in [4.69, 9.17) is 0 Å². The summed E-state index contributed by atoms with van der Waals surface area (Å²) in [7, 11) is 0. The minimum absolute atomic E-state index is 0.248. The van der Waals surface area contributed by atoms with Gasteiger partial charge in [-0.1, -0.05) is 32.0 Å². The number of fused-ring (bicyclic) bond motifs is 1. The van der Waals surface area contributed by atoms with Crippen LogP contribution in [0.15, 0.2) is 35.3 Å². The van der Waals surface area contributed by atoms with Gasteiger partial charge in [0.2, 0.25) is 5.95 Å². The molecule has 0 radical (unpaired) electrons. The number of nitrogens with zero attached hydrogens (tertiary/aromatic N) is 3. The molecule has 0 unspecified atom stereocenters. The SMILES string of the molecule is CC(C)(CNc1nc2c(cnn2C(C)(C)C)c(=O)[nH]1)c1ccccc1F. The summed E-state index contributed by atoms with van der Waals surface area (Å²) in [4.78, 5) is 19.6. The Morgan fingerprint density at radius 3 is 2.54 bits per heavy atom. The lowest BCUT2D eigenvalue weighted by Crippen LogP contribution is -2.30. The molecular weight excluding hydrogens is 333 g/mol. The fraction of sp³-hybridized carbons (Fsp3) is 0.421. The molecule has 0 aliphatic carbocycles. The topological polar surface area (TPSA) is 75.6 Å². The zero-order chi connectivity index (χ0) is 19.1. The van der Waals surface area contributed by atoms with E-state index in [9.17, 15) is 9.18 Å². The number of hydrogen-bond donors (Lipinski definition) is 2. The molecule has 0 saturated heterocycles. The van der Waals surface area contributed by atoms with Crippen LogP contribution < -0.4 is 10.9 Å². The van der Waals surface area contributed by atoms with E-state index < -0.39 is 5.41 Å². The quantitative estimate of drug-likeness (QED) is 0.750. The molecule has 7 heteroatoms. The van der Waals surface area contributed by atoms with E-state index in [-0.39, 0.29) is 16.9 Å². The fourth-order valence-electron chi connectivity index (χ4n) is 2.90. The van der Waals surface area contributed by atoms with E-state index in [0.29, 0.717) is 29.1 Å². The van der Waals surface area contributed by atoms with Crippen LogP contribution in [0.1, 0.15) is 40.2 Å². The van der Waals surface area contributed by atoms with Gasteiger partial charge in [-0.05, 0) is 32.4 Å². The highest BCUT2D eigenvalue weighted by atomic mass is 19.1. The monoisotopic (exact) mass is 357 g/mol. The van der Waals surface area contributed by atoms with Crippen molar-refractivity contribution in [3.05, 3.63) is 52.2 Å². The number of aromatic nitrogens is 4. The summed E-state index contributed by atoms with van der Waals surface area (Å²) in [6.45, 7) is 10.3. The number of halogens is 1. The number of nitrogens with one attached hydrogen (secondary N) is 2. The van der Waals surface area contributed by atoms with Crippen molar-refractivity contribution in [2.24, 2.45) is 0 Å². The second-order valence-corrected chi connectivity index (χ2v) is 8.10. The first kappa shape index (κ1) is 18.1. The van der Waals surface area contributed by atoms with Gasteiger partial charge < -0.3 is 5.32 Å². The molecule has 0 spiro atoms. The number of benzene rings is 1. The first-order valence-corrected chi connectivity index (χ1v) is 8.57. The lowest BCUT2D eigenvalue weighted by atomic mass is 9.84. The Kier molecular flexibility index (Phi) is 4.34. The molecule has 0 bridgehead atoms. The number of H-pyrrole nitrogens is 1. The molecule has 1 aromatic carbocycles. The third-order valence-electron chi connectivity index (χ3n) is 4.37. The second-order valence-electron chi connectivity index (χ2n) is 8.10. The third-order valence-corrected chi connectivity index (χ3v) is 4.37. The molecular formula is C19H24FN5O. The van der Waals surface area contributed by atoms with Crippen LogP contribution in [-0.2, 0) is 11.0 Å². The summed E-state index contributed by atoms with van der Waals surface area (Å²) < 4.78 is 15.8. The van der Waals surface area contributed by atoms with E-state index in [1.54, 1.807) is 16.8 Å². The highest BCUT2D eigenvalue weighted by molar-refractivity contribution is 5.74. The van der Waals surface area contributed by atoms with Crippen LogP contribution in [0.2, 0.25) is 0 Å². The molecule has 0 amide bonds. The Labute approximate surface area is 151 Å². The van der Waals surface area contributed by atoms with Gasteiger partial charge in [-0.15, -0.1) is 0 Å². The van der Waals surface area contributed by atoms with Crippen LogP contribution in [0.4, 0.5) is 10.3 Å². The smallest absolute Gasteiger partial charge is 0.263 e. The number of hydrogen-bond acceptors (Lipinski definition) is 4. The number of aromatic amines is 1. The highest BCUT2D eigenvalue weighted by Gasteiger charge is 2.25. The van der Waals surface area contributed by atoms with Crippen molar-refractivity contribution in [3.63, 3.8) is 0 Å². The van der Waals surface area contributed by atoms with Crippen molar-refractivity contribution in [1.82, 2.24) is 19.7 Å². The predicted octanol–water partition coefficient (Wildman–Crippen LogP) is 3.40. The molecule has 2 heterocycles. The molecule has 6 nitrogen and oxygen atoms in total. The summed E-state index contributed by atoms with van der Waals surface area (Å²) >= 11 is 0. The van der Waals surface area contributed by atoms with Gasteiger partial charge in [0, 0.05) is 12.0 Å². The van der Waals surface area contributed by atoms with Crippen molar-refractivity contribution in [1.29, 1.82) is 0 Å². The lowest BCUT2D eigenvalue weighted by molar-refractivity contribution is 0.366. The van der Waals surface area contributed by atoms with Crippen molar-refractivity contribution in [2.45, 2.75) is 45.6 Å². The molecule has 0 atom stereocenters. The Morgan fingerprint density at radius 1 is 1.19 bits per heavy atom. The van der Waals surface area contributed by atoms with Gasteiger partial charge in [0.25, 0.3) is 5.56 Å². The van der Waals surface area contributed by atoms with Gasteiger partial charge in [0.15, 0.2) is 5.65 Å². The molecule has 3 rings (SSSR count). The van der Waals surface area contributed by atoms with Crippen LogP contribution in [0.3, 0.4) is 0 Å².